The maximum atomic E-state index is 13.5. The van der Waals surface area contributed by atoms with E-state index in [1.54, 1.807) is 35.4 Å². The van der Waals surface area contributed by atoms with E-state index in [4.69, 9.17) is 4.74 Å². The number of methoxy groups -OCH3 is 1. The zero-order valence-corrected chi connectivity index (χ0v) is 18.9. The van der Waals surface area contributed by atoms with Gasteiger partial charge in [-0.1, -0.05) is 17.7 Å². The molecule has 0 unspecified atom stereocenters. The minimum absolute atomic E-state index is 0.231. The Kier molecular flexibility index (Phi) is 5.04. The van der Waals surface area contributed by atoms with Crippen LogP contribution in [-0.4, -0.2) is 66.6 Å². The van der Waals surface area contributed by atoms with E-state index in [-0.39, 0.29) is 11.0 Å². The number of aryl methyl sites for hydroxylation is 1. The summed E-state index contributed by atoms with van der Waals surface area (Å²) in [4.78, 5) is 24.8. The standard InChI is InChI=1S/C22H25N5O4S/c1-15-3-7-17(8-4-15)32(29,30)27-13-18(16-5-6-16)19-20(23-14-24-21(19)27)25-9-11-26(12-10-25)22(28)31-2/h3-4,7-8,13-14,16H,5-6,9-12H2,1-2H3. The lowest BCUT2D eigenvalue weighted by molar-refractivity contribution is 0.121. The highest BCUT2D eigenvalue weighted by Crippen LogP contribution is 2.46. The van der Waals surface area contributed by atoms with Gasteiger partial charge in [-0.2, -0.15) is 0 Å². The first-order valence-electron chi connectivity index (χ1n) is 10.7. The fraction of sp³-hybridized carbons (Fsp3) is 0.409. The summed E-state index contributed by atoms with van der Waals surface area (Å²) in [7, 11) is -2.42. The van der Waals surface area contributed by atoms with Crippen LogP contribution in [-0.2, 0) is 14.8 Å². The second-order valence-corrected chi connectivity index (χ2v) is 10.1. The van der Waals surface area contributed by atoms with Crippen LogP contribution in [0.1, 0.15) is 29.9 Å². The molecule has 0 spiro atoms. The summed E-state index contributed by atoms with van der Waals surface area (Å²) in [6.45, 7) is 4.12. The molecule has 0 bridgehead atoms. The number of hydrogen-bond donors (Lipinski definition) is 0. The van der Waals surface area contributed by atoms with Gasteiger partial charge in [0.1, 0.15) is 12.1 Å². The molecule has 0 N–H and O–H groups in total. The molecule has 168 valence electrons. The number of fused-ring (bicyclic) bond motifs is 1. The Bertz CT molecular complexity index is 1270. The molecule has 9 nitrogen and oxygen atoms in total. The number of piperazine rings is 1. The van der Waals surface area contributed by atoms with Gasteiger partial charge in [0.15, 0.2) is 5.65 Å². The summed E-state index contributed by atoms with van der Waals surface area (Å²) in [6.07, 6.45) is 4.84. The first-order chi connectivity index (χ1) is 15.4. The minimum Gasteiger partial charge on any atom is -0.453 e. The Morgan fingerprint density at radius 3 is 2.38 bits per heavy atom. The molecule has 5 rings (SSSR count). The number of ether oxygens (including phenoxy) is 1. The number of rotatable bonds is 4. The number of carbonyl (C=O) groups excluding carboxylic acids is 1. The zero-order valence-electron chi connectivity index (χ0n) is 18.1. The van der Waals surface area contributed by atoms with Crippen molar-refractivity contribution in [1.29, 1.82) is 0 Å². The smallest absolute Gasteiger partial charge is 0.409 e. The van der Waals surface area contributed by atoms with Gasteiger partial charge in [-0.3, -0.25) is 0 Å². The van der Waals surface area contributed by atoms with Gasteiger partial charge >= 0.3 is 6.09 Å². The molecule has 1 aromatic carbocycles. The number of anilines is 1. The quantitative estimate of drug-likeness (QED) is 0.597. The molecule has 1 aliphatic carbocycles. The molecule has 3 heterocycles. The van der Waals surface area contributed by atoms with Crippen LogP contribution in [0.4, 0.5) is 10.6 Å². The van der Waals surface area contributed by atoms with Crippen molar-refractivity contribution in [2.24, 2.45) is 0 Å². The molecule has 32 heavy (non-hydrogen) atoms. The first-order valence-corrected chi connectivity index (χ1v) is 12.1. The second kappa shape index (κ2) is 7.77. The lowest BCUT2D eigenvalue weighted by atomic mass is 10.1. The van der Waals surface area contributed by atoms with Crippen molar-refractivity contribution in [2.75, 3.05) is 38.2 Å². The summed E-state index contributed by atoms with van der Waals surface area (Å²) < 4.78 is 33.1. The van der Waals surface area contributed by atoms with Crippen LogP contribution in [0.2, 0.25) is 0 Å². The van der Waals surface area contributed by atoms with Gasteiger partial charge in [-0.25, -0.2) is 27.2 Å². The Labute approximate surface area is 186 Å². The lowest BCUT2D eigenvalue weighted by Gasteiger charge is -2.34. The summed E-state index contributed by atoms with van der Waals surface area (Å²) >= 11 is 0. The molecule has 2 aliphatic rings. The van der Waals surface area contributed by atoms with Crippen LogP contribution in [0, 0.1) is 6.92 Å². The van der Waals surface area contributed by atoms with E-state index in [2.05, 4.69) is 14.9 Å². The number of nitrogens with zero attached hydrogens (tertiary/aromatic N) is 5. The maximum Gasteiger partial charge on any atom is 0.409 e. The van der Waals surface area contributed by atoms with Crippen LogP contribution < -0.4 is 4.90 Å². The summed E-state index contributed by atoms with van der Waals surface area (Å²) in [5.41, 5.74) is 2.37. The third kappa shape index (κ3) is 3.48. The summed E-state index contributed by atoms with van der Waals surface area (Å²) in [5, 5.41) is 0.789. The Morgan fingerprint density at radius 2 is 1.75 bits per heavy atom. The van der Waals surface area contributed by atoms with Crippen molar-refractivity contribution >= 4 is 33.0 Å². The molecule has 0 atom stereocenters. The molecular weight excluding hydrogens is 430 g/mol. The van der Waals surface area contributed by atoms with Gasteiger partial charge in [0, 0.05) is 32.4 Å². The lowest BCUT2D eigenvalue weighted by Crippen LogP contribution is -2.49. The molecule has 0 radical (unpaired) electrons. The van der Waals surface area contributed by atoms with Gasteiger partial charge in [0.25, 0.3) is 10.0 Å². The third-order valence-corrected chi connectivity index (χ3v) is 7.83. The largest absolute Gasteiger partial charge is 0.453 e. The fourth-order valence-corrected chi connectivity index (χ4v) is 5.55. The molecule has 1 aliphatic heterocycles. The number of benzene rings is 1. The van der Waals surface area contributed by atoms with E-state index >= 15 is 0 Å². The summed E-state index contributed by atoms with van der Waals surface area (Å²) in [5.74, 6) is 1.03. The van der Waals surface area contributed by atoms with Crippen molar-refractivity contribution in [3.05, 3.63) is 47.9 Å². The maximum absolute atomic E-state index is 13.5. The van der Waals surface area contributed by atoms with Gasteiger partial charge in [0.2, 0.25) is 0 Å². The molecule has 2 aromatic heterocycles. The van der Waals surface area contributed by atoms with Crippen molar-refractivity contribution in [1.82, 2.24) is 18.8 Å². The Balaban J connectivity index is 1.58. The van der Waals surface area contributed by atoms with E-state index in [1.807, 2.05) is 6.92 Å². The average Bonchev–Trinajstić information content (AvgIpc) is 3.58. The normalized spacial score (nSPS) is 17.1. The monoisotopic (exact) mass is 455 g/mol. The predicted octanol–water partition coefficient (Wildman–Crippen LogP) is 2.74. The van der Waals surface area contributed by atoms with E-state index in [0.29, 0.717) is 37.7 Å². The molecule has 2 fully saturated rings. The van der Waals surface area contributed by atoms with Gasteiger partial charge < -0.3 is 14.5 Å². The molecular formula is C22H25N5O4S. The van der Waals surface area contributed by atoms with Crippen molar-refractivity contribution < 1.29 is 17.9 Å². The van der Waals surface area contributed by atoms with Crippen molar-refractivity contribution in [3.8, 4) is 0 Å². The highest BCUT2D eigenvalue weighted by molar-refractivity contribution is 7.90. The van der Waals surface area contributed by atoms with Crippen LogP contribution in [0.15, 0.2) is 41.7 Å². The predicted molar refractivity (Wildman–Crippen MR) is 119 cm³/mol. The van der Waals surface area contributed by atoms with Gasteiger partial charge in [-0.15, -0.1) is 0 Å². The number of hydrogen-bond acceptors (Lipinski definition) is 7. The molecule has 1 saturated carbocycles. The Hall–Kier alpha value is -3.14. The molecule has 3 aromatic rings. The van der Waals surface area contributed by atoms with Gasteiger partial charge in [0.05, 0.1) is 17.4 Å². The van der Waals surface area contributed by atoms with E-state index in [1.165, 1.54) is 17.4 Å². The Morgan fingerprint density at radius 1 is 1.06 bits per heavy atom. The minimum atomic E-state index is -3.80. The summed E-state index contributed by atoms with van der Waals surface area (Å²) in [6, 6.07) is 6.84. The average molecular weight is 456 g/mol. The highest BCUT2D eigenvalue weighted by Gasteiger charge is 2.34. The van der Waals surface area contributed by atoms with E-state index < -0.39 is 10.0 Å². The molecule has 1 saturated heterocycles. The van der Waals surface area contributed by atoms with E-state index in [0.717, 1.165) is 35.2 Å². The highest BCUT2D eigenvalue weighted by atomic mass is 32.2. The van der Waals surface area contributed by atoms with E-state index in [9.17, 15) is 13.2 Å². The number of aromatic nitrogens is 3. The van der Waals surface area contributed by atoms with Crippen LogP contribution in [0.3, 0.4) is 0 Å². The number of carbonyl (C=O) groups is 1. The van der Waals surface area contributed by atoms with Crippen LogP contribution in [0.25, 0.3) is 11.0 Å². The van der Waals surface area contributed by atoms with Crippen LogP contribution in [0.5, 0.6) is 0 Å². The van der Waals surface area contributed by atoms with Crippen molar-refractivity contribution in [2.45, 2.75) is 30.6 Å². The molecule has 10 heteroatoms. The third-order valence-electron chi connectivity index (χ3n) is 6.17. The van der Waals surface area contributed by atoms with Crippen LogP contribution >= 0.6 is 0 Å². The second-order valence-electron chi connectivity index (χ2n) is 8.31. The first kappa shape index (κ1) is 20.7. The number of amides is 1. The zero-order chi connectivity index (χ0) is 22.5. The molecule has 1 amide bonds. The van der Waals surface area contributed by atoms with Crippen molar-refractivity contribution in [3.63, 3.8) is 0 Å². The topological polar surface area (TPSA) is 97.6 Å². The van der Waals surface area contributed by atoms with Gasteiger partial charge in [-0.05, 0) is 43.4 Å². The fourth-order valence-electron chi connectivity index (χ4n) is 4.23. The SMILES string of the molecule is COC(=O)N1CCN(c2ncnc3c2c(C2CC2)cn3S(=O)(=O)c2ccc(C)cc2)CC1.